The second-order valence-corrected chi connectivity index (χ2v) is 6.88. The van der Waals surface area contributed by atoms with Crippen LogP contribution in [0.15, 0.2) is 36.4 Å². The van der Waals surface area contributed by atoms with E-state index >= 15 is 0 Å². The first kappa shape index (κ1) is 17.2. The van der Waals surface area contributed by atoms with Crippen LogP contribution in [0.4, 0.5) is 11.4 Å². The SMILES string of the molecule is CC1C(=O)Nc2ccc(C(=O)[C@@H](N)C(C)C)c(N)c2-c2ccccc21. The number of hydrogen-bond donors (Lipinski definition) is 3. The van der Waals surface area contributed by atoms with Crippen molar-refractivity contribution in [3.05, 3.63) is 47.5 Å². The molecule has 0 saturated heterocycles. The Morgan fingerprint density at radius 3 is 2.52 bits per heavy atom. The molecule has 0 radical (unpaired) electrons. The molecule has 3 rings (SSSR count). The lowest BCUT2D eigenvalue weighted by atomic mass is 9.88. The first-order chi connectivity index (χ1) is 11.8. The summed E-state index contributed by atoms with van der Waals surface area (Å²) in [6, 6.07) is 10.4. The Morgan fingerprint density at radius 1 is 1.16 bits per heavy atom. The van der Waals surface area contributed by atoms with Crippen LogP contribution in [0.3, 0.4) is 0 Å². The number of amides is 1. The van der Waals surface area contributed by atoms with Crippen molar-refractivity contribution in [2.45, 2.75) is 32.7 Å². The highest BCUT2D eigenvalue weighted by molar-refractivity contribution is 6.12. The van der Waals surface area contributed by atoms with E-state index in [1.54, 1.807) is 12.1 Å². The quantitative estimate of drug-likeness (QED) is 0.592. The van der Waals surface area contributed by atoms with E-state index in [4.69, 9.17) is 11.5 Å². The van der Waals surface area contributed by atoms with Crippen LogP contribution < -0.4 is 16.8 Å². The van der Waals surface area contributed by atoms with Crippen LogP contribution in [0.25, 0.3) is 11.1 Å². The third-order valence-corrected chi connectivity index (χ3v) is 4.88. The molecular formula is C20H23N3O2. The van der Waals surface area contributed by atoms with Gasteiger partial charge in [0.05, 0.1) is 23.3 Å². The fraction of sp³-hybridized carbons (Fsp3) is 0.300. The van der Waals surface area contributed by atoms with Gasteiger partial charge in [-0.25, -0.2) is 0 Å². The Labute approximate surface area is 147 Å². The molecule has 2 aromatic rings. The summed E-state index contributed by atoms with van der Waals surface area (Å²) in [5, 5.41) is 2.92. The Balaban J connectivity index is 2.24. The van der Waals surface area contributed by atoms with E-state index in [2.05, 4.69) is 5.32 Å². The van der Waals surface area contributed by atoms with Gasteiger partial charge in [0.1, 0.15) is 0 Å². The van der Waals surface area contributed by atoms with Crippen LogP contribution in [0.5, 0.6) is 0 Å². The molecule has 5 N–H and O–H groups in total. The molecule has 0 bridgehead atoms. The minimum atomic E-state index is -0.616. The molecule has 1 heterocycles. The molecule has 2 aromatic carbocycles. The highest BCUT2D eigenvalue weighted by atomic mass is 16.2. The van der Waals surface area contributed by atoms with Crippen molar-refractivity contribution >= 4 is 23.1 Å². The van der Waals surface area contributed by atoms with Crippen molar-refractivity contribution < 1.29 is 9.59 Å². The van der Waals surface area contributed by atoms with E-state index in [0.29, 0.717) is 22.5 Å². The number of fused-ring (bicyclic) bond motifs is 3. The van der Waals surface area contributed by atoms with Crippen molar-refractivity contribution in [3.63, 3.8) is 0 Å². The summed E-state index contributed by atoms with van der Waals surface area (Å²) in [5.74, 6) is -0.572. The van der Waals surface area contributed by atoms with Crippen LogP contribution in [-0.4, -0.2) is 17.7 Å². The minimum absolute atomic E-state index is 0.0118. The highest BCUT2D eigenvalue weighted by Crippen LogP contribution is 2.42. The summed E-state index contributed by atoms with van der Waals surface area (Å²) in [6.45, 7) is 5.66. The molecule has 130 valence electrons. The standard InChI is InChI=1S/C20H23N3O2/c1-10(2)17(21)19(24)14-8-9-15-16(18(14)22)13-7-5-4-6-12(13)11(3)20(25)23-15/h4-11,17H,21-22H2,1-3H3,(H,23,25)/t11?,17-/m0/s1. The predicted molar refractivity (Wildman–Crippen MR) is 100 cm³/mol. The zero-order valence-corrected chi connectivity index (χ0v) is 14.7. The second-order valence-electron chi connectivity index (χ2n) is 6.88. The Hall–Kier alpha value is -2.66. The summed E-state index contributed by atoms with van der Waals surface area (Å²) < 4.78 is 0. The molecule has 0 fully saturated rings. The number of hydrogen-bond acceptors (Lipinski definition) is 4. The largest absolute Gasteiger partial charge is 0.398 e. The summed E-state index contributed by atoms with van der Waals surface area (Å²) in [5.41, 5.74) is 16.3. The third kappa shape index (κ3) is 2.81. The van der Waals surface area contributed by atoms with Gasteiger partial charge in [0, 0.05) is 11.1 Å². The number of anilines is 2. The van der Waals surface area contributed by atoms with Crippen LogP contribution >= 0.6 is 0 Å². The van der Waals surface area contributed by atoms with Gasteiger partial charge in [0.2, 0.25) is 5.91 Å². The van der Waals surface area contributed by atoms with E-state index in [1.165, 1.54) is 0 Å². The molecule has 2 atom stereocenters. The molecule has 1 unspecified atom stereocenters. The van der Waals surface area contributed by atoms with E-state index in [0.717, 1.165) is 11.1 Å². The molecule has 1 aliphatic rings. The first-order valence-electron chi connectivity index (χ1n) is 8.45. The normalized spacial score (nSPS) is 17.3. The van der Waals surface area contributed by atoms with E-state index in [-0.39, 0.29) is 23.5 Å². The van der Waals surface area contributed by atoms with E-state index in [9.17, 15) is 9.59 Å². The average molecular weight is 337 g/mol. The van der Waals surface area contributed by atoms with Crippen molar-refractivity contribution in [2.75, 3.05) is 11.1 Å². The van der Waals surface area contributed by atoms with Gasteiger partial charge in [0.25, 0.3) is 0 Å². The number of carbonyl (C=O) groups is 2. The fourth-order valence-corrected chi connectivity index (χ4v) is 3.20. The van der Waals surface area contributed by atoms with Crippen molar-refractivity contribution in [3.8, 4) is 11.1 Å². The number of nitrogens with two attached hydrogens (primary N) is 2. The molecule has 1 amide bonds. The number of nitrogens with one attached hydrogen (secondary N) is 1. The maximum atomic E-state index is 12.7. The lowest BCUT2D eigenvalue weighted by Crippen LogP contribution is -2.36. The zero-order valence-electron chi connectivity index (χ0n) is 14.7. The maximum absolute atomic E-state index is 12.7. The zero-order chi connectivity index (χ0) is 18.3. The number of rotatable bonds is 3. The van der Waals surface area contributed by atoms with Crippen molar-refractivity contribution in [1.82, 2.24) is 0 Å². The number of benzene rings is 2. The number of ketones is 1. The molecule has 25 heavy (non-hydrogen) atoms. The van der Waals surface area contributed by atoms with Crippen LogP contribution in [0.1, 0.15) is 42.6 Å². The summed E-state index contributed by atoms with van der Waals surface area (Å²) in [6.07, 6.45) is 0. The molecule has 0 aliphatic carbocycles. The highest BCUT2D eigenvalue weighted by Gasteiger charge is 2.29. The van der Waals surface area contributed by atoms with E-state index < -0.39 is 6.04 Å². The van der Waals surface area contributed by atoms with Gasteiger partial charge in [0.15, 0.2) is 5.78 Å². The molecule has 0 saturated carbocycles. The number of carbonyl (C=O) groups excluding carboxylic acids is 2. The predicted octanol–water partition coefficient (Wildman–Crippen LogP) is 3.16. The van der Waals surface area contributed by atoms with Gasteiger partial charge in [-0.05, 0) is 36.1 Å². The summed E-state index contributed by atoms with van der Waals surface area (Å²) in [7, 11) is 0. The number of nitrogen functional groups attached to an aromatic ring is 1. The van der Waals surface area contributed by atoms with Gasteiger partial charge in [-0.3, -0.25) is 9.59 Å². The molecule has 0 spiro atoms. The second kappa shape index (κ2) is 6.33. The molecule has 1 aliphatic heterocycles. The third-order valence-electron chi connectivity index (χ3n) is 4.88. The first-order valence-corrected chi connectivity index (χ1v) is 8.45. The van der Waals surface area contributed by atoms with Crippen LogP contribution in [-0.2, 0) is 4.79 Å². The summed E-state index contributed by atoms with van der Waals surface area (Å²) in [4.78, 5) is 25.2. The lowest BCUT2D eigenvalue weighted by molar-refractivity contribution is -0.117. The molecule has 0 aromatic heterocycles. The monoisotopic (exact) mass is 337 g/mol. The van der Waals surface area contributed by atoms with Gasteiger partial charge >= 0.3 is 0 Å². The smallest absolute Gasteiger partial charge is 0.231 e. The minimum Gasteiger partial charge on any atom is -0.398 e. The fourth-order valence-electron chi connectivity index (χ4n) is 3.20. The molecule has 5 nitrogen and oxygen atoms in total. The maximum Gasteiger partial charge on any atom is 0.231 e. The average Bonchev–Trinajstić information content (AvgIpc) is 2.70. The summed E-state index contributed by atoms with van der Waals surface area (Å²) >= 11 is 0. The van der Waals surface area contributed by atoms with Gasteiger partial charge < -0.3 is 16.8 Å². The Kier molecular flexibility index (Phi) is 4.35. The van der Waals surface area contributed by atoms with Gasteiger partial charge in [-0.15, -0.1) is 0 Å². The van der Waals surface area contributed by atoms with Gasteiger partial charge in [-0.2, -0.15) is 0 Å². The van der Waals surface area contributed by atoms with Crippen LogP contribution in [0.2, 0.25) is 0 Å². The lowest BCUT2D eigenvalue weighted by Gasteiger charge is -2.19. The number of Topliss-reactive ketones (excluding diaryl/α,β-unsaturated/α-hetero) is 1. The molecule has 5 heteroatoms. The topological polar surface area (TPSA) is 98.2 Å². The van der Waals surface area contributed by atoms with Crippen LogP contribution in [0, 0.1) is 5.92 Å². The van der Waals surface area contributed by atoms with Gasteiger partial charge in [-0.1, -0.05) is 38.1 Å². The molecular weight excluding hydrogens is 314 g/mol. The Bertz CT molecular complexity index is 858. The van der Waals surface area contributed by atoms with Crippen molar-refractivity contribution in [2.24, 2.45) is 11.7 Å². The van der Waals surface area contributed by atoms with E-state index in [1.807, 2.05) is 45.0 Å². The van der Waals surface area contributed by atoms with Crippen molar-refractivity contribution in [1.29, 1.82) is 0 Å². The Morgan fingerprint density at radius 2 is 1.84 bits per heavy atom.